The van der Waals surface area contributed by atoms with Crippen LogP contribution < -0.4 is 0 Å². The number of aryl methyl sites for hydroxylation is 1. The zero-order valence-electron chi connectivity index (χ0n) is 17.7. The highest BCUT2D eigenvalue weighted by Gasteiger charge is 2.30. The van der Waals surface area contributed by atoms with Gasteiger partial charge in [0.2, 0.25) is 5.91 Å². The van der Waals surface area contributed by atoms with Crippen LogP contribution in [0.5, 0.6) is 0 Å². The molecule has 154 valence electrons. The van der Waals surface area contributed by atoms with Gasteiger partial charge in [-0.2, -0.15) is 0 Å². The van der Waals surface area contributed by atoms with E-state index in [1.807, 2.05) is 4.90 Å². The molecule has 1 aliphatic rings. The van der Waals surface area contributed by atoms with Crippen molar-refractivity contribution in [2.75, 3.05) is 19.7 Å². The summed E-state index contributed by atoms with van der Waals surface area (Å²) in [6, 6.07) is 19.9. The first kappa shape index (κ1) is 19.3. The lowest BCUT2D eigenvalue weighted by molar-refractivity contribution is -0.133. The van der Waals surface area contributed by atoms with Crippen molar-refractivity contribution in [3.05, 3.63) is 60.2 Å². The van der Waals surface area contributed by atoms with Crippen LogP contribution in [0.15, 0.2) is 54.6 Å². The molecule has 0 bridgehead atoms. The monoisotopic (exact) mass is 399 g/mol. The molecule has 0 spiro atoms. The van der Waals surface area contributed by atoms with Crippen LogP contribution in [0.1, 0.15) is 38.2 Å². The summed E-state index contributed by atoms with van der Waals surface area (Å²) in [5, 5.41) is 17.4. The van der Waals surface area contributed by atoms with E-state index in [9.17, 15) is 9.90 Å². The average molecular weight is 400 g/mol. The standard InChI is InChI=1S/C27H29NO2/c1-27(18-29)14-16-28(17-15-27)24(30)7-3-4-19-8-9-22-11-10-20-5-2-6-21-12-13-23(19)26(22)25(20)21/h2,5-6,8-13,29H,3-4,7,14-18H2,1H3. The summed E-state index contributed by atoms with van der Waals surface area (Å²) in [7, 11) is 0. The summed E-state index contributed by atoms with van der Waals surface area (Å²) in [6.45, 7) is 3.87. The van der Waals surface area contributed by atoms with Crippen LogP contribution in [-0.2, 0) is 11.2 Å². The normalized spacial score (nSPS) is 16.7. The zero-order chi connectivity index (χ0) is 20.7. The highest BCUT2D eigenvalue weighted by molar-refractivity contribution is 6.23. The highest BCUT2D eigenvalue weighted by Crippen LogP contribution is 2.36. The second-order valence-corrected chi connectivity index (χ2v) is 9.28. The Kier molecular flexibility index (Phi) is 4.86. The Morgan fingerprint density at radius 3 is 2.27 bits per heavy atom. The zero-order valence-corrected chi connectivity index (χ0v) is 17.7. The van der Waals surface area contributed by atoms with Crippen LogP contribution in [0.25, 0.3) is 32.3 Å². The first-order valence-corrected chi connectivity index (χ1v) is 11.1. The number of hydrogen-bond donors (Lipinski definition) is 1. The van der Waals surface area contributed by atoms with Crippen LogP contribution in [0, 0.1) is 5.41 Å². The molecular formula is C27H29NO2. The van der Waals surface area contributed by atoms with E-state index in [-0.39, 0.29) is 17.9 Å². The summed E-state index contributed by atoms with van der Waals surface area (Å²) >= 11 is 0. The predicted molar refractivity (Wildman–Crippen MR) is 124 cm³/mol. The van der Waals surface area contributed by atoms with Gasteiger partial charge in [0.25, 0.3) is 0 Å². The maximum atomic E-state index is 12.7. The SMILES string of the molecule is CC1(CO)CCN(C(=O)CCCc2ccc3ccc4cccc5ccc2c3c45)CC1. The number of hydrogen-bond acceptors (Lipinski definition) is 2. The topological polar surface area (TPSA) is 40.5 Å². The molecule has 1 heterocycles. The van der Waals surface area contributed by atoms with Crippen LogP contribution in [0.4, 0.5) is 0 Å². The molecule has 1 aliphatic heterocycles. The molecule has 1 saturated heterocycles. The molecule has 0 aromatic heterocycles. The number of benzene rings is 4. The minimum atomic E-state index is -0.0154. The number of piperidine rings is 1. The summed E-state index contributed by atoms with van der Waals surface area (Å²) in [5.74, 6) is 0.257. The van der Waals surface area contributed by atoms with Crippen molar-refractivity contribution in [3.63, 3.8) is 0 Å². The minimum absolute atomic E-state index is 0.0154. The second-order valence-electron chi connectivity index (χ2n) is 9.28. The van der Waals surface area contributed by atoms with Crippen molar-refractivity contribution in [1.82, 2.24) is 4.90 Å². The largest absolute Gasteiger partial charge is 0.396 e. The van der Waals surface area contributed by atoms with Crippen LogP contribution >= 0.6 is 0 Å². The van der Waals surface area contributed by atoms with Crippen molar-refractivity contribution in [3.8, 4) is 0 Å². The number of likely N-dealkylation sites (tertiary alicyclic amines) is 1. The maximum absolute atomic E-state index is 12.7. The molecule has 1 fully saturated rings. The van der Waals surface area contributed by atoms with Crippen molar-refractivity contribution in [2.24, 2.45) is 5.41 Å². The Balaban J connectivity index is 1.32. The number of carbonyl (C=O) groups excluding carboxylic acids is 1. The Morgan fingerprint density at radius 1 is 0.933 bits per heavy atom. The molecule has 0 unspecified atom stereocenters. The fourth-order valence-corrected chi connectivity index (χ4v) is 5.06. The van der Waals surface area contributed by atoms with Gasteiger partial charge in [0.1, 0.15) is 0 Å². The first-order chi connectivity index (χ1) is 14.6. The van der Waals surface area contributed by atoms with Gasteiger partial charge in [0.05, 0.1) is 0 Å². The summed E-state index contributed by atoms with van der Waals surface area (Å²) in [5.41, 5.74) is 1.32. The predicted octanol–water partition coefficient (Wildman–Crippen LogP) is 5.53. The number of carbonyl (C=O) groups is 1. The number of amides is 1. The van der Waals surface area contributed by atoms with Gasteiger partial charge in [-0.3, -0.25) is 4.79 Å². The Hall–Kier alpha value is -2.65. The number of aliphatic hydroxyl groups is 1. The fraction of sp³-hybridized carbons (Fsp3) is 0.370. The molecular weight excluding hydrogens is 370 g/mol. The van der Waals surface area contributed by atoms with Crippen LogP contribution in [0.2, 0.25) is 0 Å². The Morgan fingerprint density at radius 2 is 1.57 bits per heavy atom. The third-order valence-corrected chi connectivity index (χ3v) is 7.16. The van der Waals surface area contributed by atoms with E-state index in [2.05, 4.69) is 61.5 Å². The molecule has 0 atom stereocenters. The van der Waals surface area contributed by atoms with Gasteiger partial charge in [-0.05, 0) is 69.0 Å². The van der Waals surface area contributed by atoms with Gasteiger partial charge >= 0.3 is 0 Å². The van der Waals surface area contributed by atoms with E-state index in [4.69, 9.17) is 0 Å². The van der Waals surface area contributed by atoms with E-state index in [1.54, 1.807) is 0 Å². The molecule has 0 radical (unpaired) electrons. The minimum Gasteiger partial charge on any atom is -0.396 e. The average Bonchev–Trinajstić information content (AvgIpc) is 2.78. The van der Waals surface area contributed by atoms with Crippen LogP contribution in [0.3, 0.4) is 0 Å². The summed E-state index contributed by atoms with van der Waals surface area (Å²) < 4.78 is 0. The van der Waals surface area contributed by atoms with Gasteiger partial charge < -0.3 is 10.0 Å². The van der Waals surface area contributed by atoms with Gasteiger partial charge in [-0.25, -0.2) is 0 Å². The molecule has 1 N–H and O–H groups in total. The molecule has 4 aromatic carbocycles. The van der Waals surface area contributed by atoms with Crippen LogP contribution in [-0.4, -0.2) is 35.6 Å². The molecule has 3 nitrogen and oxygen atoms in total. The van der Waals surface area contributed by atoms with Gasteiger partial charge in [-0.15, -0.1) is 0 Å². The number of rotatable bonds is 5. The summed E-state index contributed by atoms with van der Waals surface area (Å²) in [4.78, 5) is 14.7. The second kappa shape index (κ2) is 7.55. The quantitative estimate of drug-likeness (QED) is 0.448. The van der Waals surface area contributed by atoms with Crippen molar-refractivity contribution < 1.29 is 9.90 Å². The Bertz CT molecular complexity index is 1190. The van der Waals surface area contributed by atoms with Gasteiger partial charge in [0, 0.05) is 26.1 Å². The van der Waals surface area contributed by atoms with E-state index in [0.717, 1.165) is 38.8 Å². The van der Waals surface area contributed by atoms with Gasteiger partial charge in [-0.1, -0.05) is 61.5 Å². The lowest BCUT2D eigenvalue weighted by Crippen LogP contribution is -2.43. The molecule has 4 aromatic rings. The molecule has 30 heavy (non-hydrogen) atoms. The molecule has 3 heteroatoms. The van der Waals surface area contributed by atoms with Crippen molar-refractivity contribution in [2.45, 2.75) is 39.0 Å². The molecule has 0 saturated carbocycles. The highest BCUT2D eigenvalue weighted by atomic mass is 16.3. The molecule has 0 aliphatic carbocycles. The van der Waals surface area contributed by atoms with E-state index in [0.29, 0.717) is 6.42 Å². The van der Waals surface area contributed by atoms with Crippen molar-refractivity contribution >= 4 is 38.2 Å². The number of nitrogens with zero attached hydrogens (tertiary/aromatic N) is 1. The Labute approximate surface area is 177 Å². The van der Waals surface area contributed by atoms with Crippen molar-refractivity contribution in [1.29, 1.82) is 0 Å². The third-order valence-electron chi connectivity index (χ3n) is 7.16. The van der Waals surface area contributed by atoms with E-state index in [1.165, 1.54) is 37.9 Å². The fourth-order valence-electron chi connectivity index (χ4n) is 5.06. The molecule has 5 rings (SSSR count). The number of aliphatic hydroxyl groups excluding tert-OH is 1. The van der Waals surface area contributed by atoms with Gasteiger partial charge in [0.15, 0.2) is 0 Å². The van der Waals surface area contributed by atoms with E-state index >= 15 is 0 Å². The molecule has 1 amide bonds. The third kappa shape index (κ3) is 3.31. The smallest absolute Gasteiger partial charge is 0.222 e. The maximum Gasteiger partial charge on any atom is 0.222 e. The lowest BCUT2D eigenvalue weighted by atomic mass is 9.81. The van der Waals surface area contributed by atoms with E-state index < -0.39 is 0 Å². The summed E-state index contributed by atoms with van der Waals surface area (Å²) in [6.07, 6.45) is 4.17. The lowest BCUT2D eigenvalue weighted by Gasteiger charge is -2.38. The first-order valence-electron chi connectivity index (χ1n) is 11.1.